The number of rotatable bonds is 1. The first-order valence-electron chi connectivity index (χ1n) is 9.50. The van der Waals surface area contributed by atoms with Crippen molar-refractivity contribution < 1.29 is 5.11 Å². The van der Waals surface area contributed by atoms with E-state index in [0.717, 1.165) is 36.5 Å². The molecule has 1 N–H and O–H groups in total. The average molecular weight is 288 g/mol. The molecule has 0 radical (unpaired) electrons. The molecule has 21 heavy (non-hydrogen) atoms. The van der Waals surface area contributed by atoms with E-state index in [1.165, 1.54) is 51.4 Å². The Labute approximate surface area is 130 Å². The van der Waals surface area contributed by atoms with E-state index in [-0.39, 0.29) is 11.0 Å². The van der Waals surface area contributed by atoms with E-state index < -0.39 is 0 Å². The van der Waals surface area contributed by atoms with Gasteiger partial charge in [-0.15, -0.1) is 0 Å². The van der Waals surface area contributed by atoms with Crippen LogP contribution in [-0.4, -0.2) is 10.7 Å². The number of hydrogen-bond acceptors (Lipinski definition) is 1. The van der Waals surface area contributed by atoms with Crippen LogP contribution in [0, 0.1) is 29.1 Å². The van der Waals surface area contributed by atoms with Gasteiger partial charge < -0.3 is 5.11 Å². The molecule has 1 heteroatoms. The highest BCUT2D eigenvalue weighted by Gasteiger charge is 2.61. The van der Waals surface area contributed by atoms with Crippen LogP contribution in [0.5, 0.6) is 0 Å². The molecule has 3 saturated carbocycles. The van der Waals surface area contributed by atoms with Gasteiger partial charge in [-0.3, -0.25) is 0 Å². The van der Waals surface area contributed by atoms with Crippen molar-refractivity contribution in [1.82, 2.24) is 0 Å². The summed E-state index contributed by atoms with van der Waals surface area (Å²) in [5.41, 5.74) is 1.64. The van der Waals surface area contributed by atoms with Gasteiger partial charge in [0, 0.05) is 0 Å². The highest BCUT2D eigenvalue weighted by atomic mass is 16.3. The predicted octanol–water partition coefficient (Wildman–Crippen LogP) is 5.09. The molecule has 0 spiro atoms. The SMILES string of the molecule is CC[C@@]1(O)CC[C@H]2[C@@H]3CC=C4CCCC[C@@H]4[C@H]3CC[C@@]21C. The standard InChI is InChI=1S/C20H32O/c1-3-20(21)13-11-18-17-9-8-14-6-4-5-7-15(14)16(17)10-12-19(18,20)2/h8,15-18,21H,3-7,9-13H2,1-2H3/t15-,16+,17+,18-,19-,20+/m0/s1. The molecule has 118 valence electrons. The minimum atomic E-state index is -0.376. The third kappa shape index (κ3) is 1.85. The van der Waals surface area contributed by atoms with Crippen LogP contribution < -0.4 is 0 Å². The third-order valence-electron chi connectivity index (χ3n) is 8.27. The summed E-state index contributed by atoms with van der Waals surface area (Å²) in [6.07, 6.45) is 15.6. The molecule has 0 aromatic heterocycles. The quantitative estimate of drug-likeness (QED) is 0.666. The molecule has 0 saturated heterocycles. The topological polar surface area (TPSA) is 20.2 Å². The minimum absolute atomic E-state index is 0.197. The number of hydrogen-bond donors (Lipinski definition) is 1. The van der Waals surface area contributed by atoms with Crippen LogP contribution in [-0.2, 0) is 0 Å². The Morgan fingerprint density at radius 3 is 2.81 bits per heavy atom. The maximum absolute atomic E-state index is 11.2. The minimum Gasteiger partial charge on any atom is -0.389 e. The van der Waals surface area contributed by atoms with Crippen molar-refractivity contribution in [3.05, 3.63) is 11.6 Å². The van der Waals surface area contributed by atoms with Crippen molar-refractivity contribution in [1.29, 1.82) is 0 Å². The van der Waals surface area contributed by atoms with Crippen molar-refractivity contribution in [2.45, 2.75) is 83.7 Å². The molecule has 0 unspecified atom stereocenters. The van der Waals surface area contributed by atoms with Gasteiger partial charge in [-0.05, 0) is 86.9 Å². The summed E-state index contributed by atoms with van der Waals surface area (Å²) < 4.78 is 0. The third-order valence-corrected chi connectivity index (χ3v) is 8.27. The first-order valence-corrected chi connectivity index (χ1v) is 9.50. The molecule has 0 heterocycles. The van der Waals surface area contributed by atoms with Gasteiger partial charge in [-0.2, -0.15) is 0 Å². The molecule has 1 nitrogen and oxygen atoms in total. The van der Waals surface area contributed by atoms with Crippen LogP contribution in [0.3, 0.4) is 0 Å². The van der Waals surface area contributed by atoms with E-state index >= 15 is 0 Å². The molecule has 4 aliphatic carbocycles. The maximum atomic E-state index is 11.2. The van der Waals surface area contributed by atoms with Crippen LogP contribution in [0.2, 0.25) is 0 Å². The summed E-state index contributed by atoms with van der Waals surface area (Å²) in [6, 6.07) is 0. The lowest BCUT2D eigenvalue weighted by atomic mass is 9.51. The number of aliphatic hydroxyl groups is 1. The van der Waals surface area contributed by atoms with Crippen LogP contribution in [0.1, 0.15) is 78.1 Å². The molecule has 0 aliphatic heterocycles. The summed E-state index contributed by atoms with van der Waals surface area (Å²) in [4.78, 5) is 0. The average Bonchev–Trinajstić information content (AvgIpc) is 2.79. The van der Waals surface area contributed by atoms with Crippen molar-refractivity contribution in [2.24, 2.45) is 29.1 Å². The van der Waals surface area contributed by atoms with Gasteiger partial charge >= 0.3 is 0 Å². The normalized spacial score (nSPS) is 52.6. The van der Waals surface area contributed by atoms with Gasteiger partial charge in [0.05, 0.1) is 5.60 Å². The van der Waals surface area contributed by atoms with Crippen LogP contribution in [0.25, 0.3) is 0 Å². The van der Waals surface area contributed by atoms with Gasteiger partial charge in [0.2, 0.25) is 0 Å². The van der Waals surface area contributed by atoms with Gasteiger partial charge in [0.15, 0.2) is 0 Å². The molecule has 0 aromatic carbocycles. The summed E-state index contributed by atoms with van der Waals surface area (Å²) in [5, 5.41) is 11.2. The lowest BCUT2D eigenvalue weighted by Gasteiger charge is -2.55. The van der Waals surface area contributed by atoms with Crippen molar-refractivity contribution in [3.8, 4) is 0 Å². The monoisotopic (exact) mass is 288 g/mol. The van der Waals surface area contributed by atoms with Crippen molar-refractivity contribution in [2.75, 3.05) is 0 Å². The van der Waals surface area contributed by atoms with Gasteiger partial charge in [0.25, 0.3) is 0 Å². The fraction of sp³-hybridized carbons (Fsp3) is 0.900. The Balaban J connectivity index is 1.65. The molecule has 4 rings (SSSR count). The van der Waals surface area contributed by atoms with Crippen molar-refractivity contribution >= 4 is 0 Å². The van der Waals surface area contributed by atoms with E-state index in [9.17, 15) is 5.11 Å². The van der Waals surface area contributed by atoms with Crippen LogP contribution >= 0.6 is 0 Å². The molecule has 0 bridgehead atoms. The van der Waals surface area contributed by atoms with Gasteiger partial charge in [-0.1, -0.05) is 31.9 Å². The van der Waals surface area contributed by atoms with Crippen molar-refractivity contribution in [3.63, 3.8) is 0 Å². The first kappa shape index (κ1) is 14.3. The summed E-state index contributed by atoms with van der Waals surface area (Å²) in [6.45, 7) is 4.62. The first-order chi connectivity index (χ1) is 10.1. The zero-order valence-electron chi connectivity index (χ0n) is 13.9. The second kappa shape index (κ2) is 4.85. The molecular weight excluding hydrogens is 256 g/mol. The van der Waals surface area contributed by atoms with Gasteiger partial charge in [-0.25, -0.2) is 0 Å². The Morgan fingerprint density at radius 1 is 1.14 bits per heavy atom. The summed E-state index contributed by atoms with van der Waals surface area (Å²) >= 11 is 0. The van der Waals surface area contributed by atoms with Crippen LogP contribution in [0.4, 0.5) is 0 Å². The van der Waals surface area contributed by atoms with E-state index in [2.05, 4.69) is 19.9 Å². The lowest BCUT2D eigenvalue weighted by Crippen LogP contribution is -2.52. The maximum Gasteiger partial charge on any atom is 0.0701 e. The summed E-state index contributed by atoms with van der Waals surface area (Å²) in [7, 11) is 0. The zero-order valence-corrected chi connectivity index (χ0v) is 13.9. The summed E-state index contributed by atoms with van der Waals surface area (Å²) in [5.74, 6) is 3.51. The fourth-order valence-electron chi connectivity index (χ4n) is 6.94. The molecule has 4 aliphatic rings. The zero-order chi connectivity index (χ0) is 14.7. The second-order valence-electron chi connectivity index (χ2n) is 8.68. The highest BCUT2D eigenvalue weighted by molar-refractivity contribution is 5.20. The van der Waals surface area contributed by atoms with Gasteiger partial charge in [0.1, 0.15) is 0 Å². The Kier molecular flexibility index (Phi) is 3.30. The Hall–Kier alpha value is -0.300. The predicted molar refractivity (Wildman–Crippen MR) is 86.9 cm³/mol. The molecule has 0 aromatic rings. The van der Waals surface area contributed by atoms with E-state index in [1.807, 2.05) is 5.57 Å². The molecular formula is C20H32O. The molecule has 3 fully saturated rings. The number of fused-ring (bicyclic) bond motifs is 5. The largest absolute Gasteiger partial charge is 0.389 e. The fourth-order valence-corrected chi connectivity index (χ4v) is 6.94. The van der Waals surface area contributed by atoms with Crippen LogP contribution in [0.15, 0.2) is 11.6 Å². The lowest BCUT2D eigenvalue weighted by molar-refractivity contribution is -0.116. The Morgan fingerprint density at radius 2 is 2.00 bits per heavy atom. The van der Waals surface area contributed by atoms with E-state index in [0.29, 0.717) is 0 Å². The molecule has 6 atom stereocenters. The Bertz CT molecular complexity index is 453. The number of allylic oxidation sites excluding steroid dienone is 2. The smallest absolute Gasteiger partial charge is 0.0701 e. The van der Waals surface area contributed by atoms with E-state index in [1.54, 1.807) is 0 Å². The van der Waals surface area contributed by atoms with E-state index in [4.69, 9.17) is 0 Å². The second-order valence-corrected chi connectivity index (χ2v) is 8.68. The molecule has 0 amide bonds. The highest BCUT2D eigenvalue weighted by Crippen LogP contribution is 2.65.